The number of amides is 2. The van der Waals surface area contributed by atoms with Crippen LogP contribution in [0.2, 0.25) is 5.15 Å². The minimum Gasteiger partial charge on any atom is -0.342 e. The number of nitrogens with zero attached hydrogens (tertiary/aromatic N) is 3. The van der Waals surface area contributed by atoms with Crippen molar-refractivity contribution in [3.8, 4) is 0 Å². The first-order valence-electron chi connectivity index (χ1n) is 6.03. The van der Waals surface area contributed by atoms with Crippen molar-refractivity contribution in [3.63, 3.8) is 0 Å². The highest BCUT2D eigenvalue weighted by molar-refractivity contribution is 6.29. The van der Waals surface area contributed by atoms with Crippen molar-refractivity contribution in [1.82, 2.24) is 14.8 Å². The smallest absolute Gasteiger partial charge is 0.256 e. The van der Waals surface area contributed by atoms with Crippen LogP contribution in [0.15, 0.2) is 18.3 Å². The molecule has 6 heteroatoms. The van der Waals surface area contributed by atoms with E-state index in [2.05, 4.69) is 4.98 Å². The summed E-state index contributed by atoms with van der Waals surface area (Å²) in [6.07, 6.45) is 1.43. The summed E-state index contributed by atoms with van der Waals surface area (Å²) in [5, 5.41) is 0.338. The molecule has 1 aromatic heterocycles. The zero-order valence-corrected chi connectivity index (χ0v) is 11.9. The normalized spacial score (nSPS) is 18.6. The van der Waals surface area contributed by atoms with Crippen molar-refractivity contribution in [2.45, 2.75) is 19.4 Å². The summed E-state index contributed by atoms with van der Waals surface area (Å²) in [6, 6.07) is 3.19. The Hall–Kier alpha value is -1.62. The molecule has 102 valence electrons. The van der Waals surface area contributed by atoms with E-state index >= 15 is 0 Å². The van der Waals surface area contributed by atoms with Crippen LogP contribution in [0.4, 0.5) is 0 Å². The number of hydrogen-bond donors (Lipinski definition) is 0. The molecule has 0 radical (unpaired) electrons. The van der Waals surface area contributed by atoms with Crippen LogP contribution in [0.1, 0.15) is 24.2 Å². The number of carbonyl (C=O) groups is 2. The first-order chi connectivity index (χ1) is 8.84. The van der Waals surface area contributed by atoms with Gasteiger partial charge in [0.05, 0.1) is 5.56 Å². The second-order valence-electron chi connectivity index (χ2n) is 5.11. The van der Waals surface area contributed by atoms with Crippen molar-refractivity contribution >= 4 is 23.4 Å². The second kappa shape index (κ2) is 4.81. The summed E-state index contributed by atoms with van der Waals surface area (Å²) in [6.45, 7) is 4.56. The number of rotatable bonds is 1. The zero-order valence-electron chi connectivity index (χ0n) is 11.2. The Morgan fingerprint density at radius 1 is 1.37 bits per heavy atom. The van der Waals surface area contributed by atoms with Gasteiger partial charge in [0.2, 0.25) is 5.91 Å². The molecule has 0 aromatic carbocycles. The lowest BCUT2D eigenvalue weighted by Crippen LogP contribution is -2.63. The van der Waals surface area contributed by atoms with Crippen molar-refractivity contribution in [2.24, 2.45) is 0 Å². The molecule has 0 saturated carbocycles. The number of pyridine rings is 1. The largest absolute Gasteiger partial charge is 0.342 e. The molecule has 5 nitrogen and oxygen atoms in total. The molecule has 19 heavy (non-hydrogen) atoms. The van der Waals surface area contributed by atoms with Gasteiger partial charge in [-0.15, -0.1) is 0 Å². The van der Waals surface area contributed by atoms with E-state index in [0.717, 1.165) is 0 Å². The van der Waals surface area contributed by atoms with Gasteiger partial charge in [-0.1, -0.05) is 11.6 Å². The van der Waals surface area contributed by atoms with E-state index in [1.807, 2.05) is 0 Å². The molecule has 1 saturated heterocycles. The van der Waals surface area contributed by atoms with Crippen molar-refractivity contribution in [2.75, 3.05) is 20.1 Å². The maximum atomic E-state index is 12.5. The third-order valence-electron chi connectivity index (χ3n) is 3.42. The highest BCUT2D eigenvalue weighted by Gasteiger charge is 2.43. The predicted octanol–water partition coefficient (Wildman–Crippen LogP) is 1.43. The topological polar surface area (TPSA) is 53.5 Å². The van der Waals surface area contributed by atoms with Crippen LogP contribution in [-0.2, 0) is 4.79 Å². The van der Waals surface area contributed by atoms with Gasteiger partial charge in [-0.2, -0.15) is 0 Å². The predicted molar refractivity (Wildman–Crippen MR) is 72.0 cm³/mol. The maximum Gasteiger partial charge on any atom is 0.256 e. The summed E-state index contributed by atoms with van der Waals surface area (Å²) >= 11 is 5.70. The first kappa shape index (κ1) is 13.8. The molecule has 1 fully saturated rings. The van der Waals surface area contributed by atoms with E-state index in [1.165, 1.54) is 6.20 Å². The van der Waals surface area contributed by atoms with Crippen LogP contribution < -0.4 is 0 Å². The highest BCUT2D eigenvalue weighted by atomic mass is 35.5. The van der Waals surface area contributed by atoms with Gasteiger partial charge in [-0.05, 0) is 26.0 Å². The number of piperazine rings is 1. The molecule has 2 amide bonds. The van der Waals surface area contributed by atoms with Gasteiger partial charge in [0, 0.05) is 26.3 Å². The summed E-state index contributed by atoms with van der Waals surface area (Å²) in [7, 11) is 1.75. The Morgan fingerprint density at radius 2 is 2.05 bits per heavy atom. The number of likely N-dealkylation sites (N-methyl/N-ethyl adjacent to an activating group) is 1. The number of halogens is 1. The number of aromatic nitrogens is 1. The number of carbonyl (C=O) groups excluding carboxylic acids is 2. The van der Waals surface area contributed by atoms with E-state index in [1.54, 1.807) is 42.8 Å². The van der Waals surface area contributed by atoms with Gasteiger partial charge < -0.3 is 9.80 Å². The molecule has 1 aromatic rings. The van der Waals surface area contributed by atoms with E-state index in [4.69, 9.17) is 11.6 Å². The molecule has 0 spiro atoms. The van der Waals surface area contributed by atoms with Gasteiger partial charge >= 0.3 is 0 Å². The van der Waals surface area contributed by atoms with E-state index in [0.29, 0.717) is 23.8 Å². The Labute approximate surface area is 117 Å². The Bertz CT molecular complexity index is 513. The molecule has 0 N–H and O–H groups in total. The van der Waals surface area contributed by atoms with Crippen LogP contribution >= 0.6 is 11.6 Å². The lowest BCUT2D eigenvalue weighted by Gasteiger charge is -2.44. The van der Waals surface area contributed by atoms with E-state index in [-0.39, 0.29) is 11.8 Å². The number of hydrogen-bond acceptors (Lipinski definition) is 3. The SMILES string of the molecule is CN1CCN(C(=O)c2ccc(Cl)nc2)C(C)(C)C1=O. The van der Waals surface area contributed by atoms with Gasteiger partial charge in [-0.3, -0.25) is 9.59 Å². The average molecular weight is 282 g/mol. The molecular weight excluding hydrogens is 266 g/mol. The van der Waals surface area contributed by atoms with Gasteiger partial charge in [0.25, 0.3) is 5.91 Å². The Kier molecular flexibility index (Phi) is 3.49. The quantitative estimate of drug-likeness (QED) is 0.732. The third-order valence-corrected chi connectivity index (χ3v) is 3.65. The highest BCUT2D eigenvalue weighted by Crippen LogP contribution is 2.24. The molecule has 2 heterocycles. The molecule has 0 unspecified atom stereocenters. The lowest BCUT2D eigenvalue weighted by atomic mass is 9.97. The summed E-state index contributed by atoms with van der Waals surface area (Å²) in [5.41, 5.74) is -0.404. The van der Waals surface area contributed by atoms with Gasteiger partial charge in [0.15, 0.2) is 0 Å². The summed E-state index contributed by atoms with van der Waals surface area (Å²) < 4.78 is 0. The standard InChI is InChI=1S/C13H16ClN3O2/c1-13(2)12(19)16(3)6-7-17(13)11(18)9-4-5-10(14)15-8-9/h4-5,8H,6-7H2,1-3H3. The maximum absolute atomic E-state index is 12.5. The Morgan fingerprint density at radius 3 is 2.63 bits per heavy atom. The minimum atomic E-state index is -0.844. The van der Waals surface area contributed by atoms with Crippen molar-refractivity contribution in [3.05, 3.63) is 29.0 Å². The van der Waals surface area contributed by atoms with Crippen LogP contribution in [-0.4, -0.2) is 52.3 Å². The van der Waals surface area contributed by atoms with Crippen LogP contribution in [0.25, 0.3) is 0 Å². The minimum absolute atomic E-state index is 0.0611. The Balaban J connectivity index is 2.28. The first-order valence-corrected chi connectivity index (χ1v) is 6.41. The zero-order chi connectivity index (χ0) is 14.2. The molecule has 1 aliphatic heterocycles. The van der Waals surface area contributed by atoms with E-state index < -0.39 is 5.54 Å². The lowest BCUT2D eigenvalue weighted by molar-refractivity contribution is -0.144. The van der Waals surface area contributed by atoms with Gasteiger partial charge in [-0.25, -0.2) is 4.98 Å². The molecule has 2 rings (SSSR count). The van der Waals surface area contributed by atoms with Crippen molar-refractivity contribution in [1.29, 1.82) is 0 Å². The molecule has 1 aliphatic rings. The average Bonchev–Trinajstić information content (AvgIpc) is 2.36. The monoisotopic (exact) mass is 281 g/mol. The fraction of sp³-hybridized carbons (Fsp3) is 0.462. The third kappa shape index (κ3) is 2.42. The summed E-state index contributed by atoms with van der Waals surface area (Å²) in [5.74, 6) is -0.260. The van der Waals surface area contributed by atoms with Gasteiger partial charge in [0.1, 0.15) is 10.7 Å². The molecular formula is C13H16ClN3O2. The van der Waals surface area contributed by atoms with Crippen molar-refractivity contribution < 1.29 is 9.59 Å². The molecule has 0 atom stereocenters. The second-order valence-corrected chi connectivity index (χ2v) is 5.50. The van der Waals surface area contributed by atoms with Crippen LogP contribution in [0, 0.1) is 0 Å². The fourth-order valence-corrected chi connectivity index (χ4v) is 2.34. The van der Waals surface area contributed by atoms with E-state index in [9.17, 15) is 9.59 Å². The van der Waals surface area contributed by atoms with Crippen LogP contribution in [0.3, 0.4) is 0 Å². The molecule has 0 aliphatic carbocycles. The van der Waals surface area contributed by atoms with Crippen LogP contribution in [0.5, 0.6) is 0 Å². The molecule has 0 bridgehead atoms. The summed E-state index contributed by atoms with van der Waals surface area (Å²) in [4.78, 5) is 31.7. The fourth-order valence-electron chi connectivity index (χ4n) is 2.23.